The van der Waals surface area contributed by atoms with Gasteiger partial charge in [0, 0.05) is 44.5 Å². The van der Waals surface area contributed by atoms with Crippen molar-refractivity contribution in [1.29, 1.82) is 0 Å². The van der Waals surface area contributed by atoms with Gasteiger partial charge in [0.15, 0.2) is 0 Å². The van der Waals surface area contributed by atoms with Crippen molar-refractivity contribution in [3.8, 4) is 28.4 Å². The Morgan fingerprint density at radius 3 is 2.36 bits per heavy atom. The minimum atomic E-state index is -0.0127. The smallest absolute Gasteiger partial charge is 0.257 e. The number of hydrogen-bond donors (Lipinski definition) is 0. The first-order chi connectivity index (χ1) is 16.0. The first kappa shape index (κ1) is 22.9. The molecule has 3 aromatic rings. The summed E-state index contributed by atoms with van der Waals surface area (Å²) >= 11 is 0. The van der Waals surface area contributed by atoms with E-state index in [9.17, 15) is 4.79 Å². The fourth-order valence-corrected chi connectivity index (χ4v) is 4.26. The second kappa shape index (κ2) is 10.1. The van der Waals surface area contributed by atoms with Crippen LogP contribution in [0.1, 0.15) is 24.2 Å². The molecule has 4 rings (SSSR count). The van der Waals surface area contributed by atoms with E-state index in [1.165, 1.54) is 0 Å². The number of piperazine rings is 1. The average Bonchev–Trinajstić information content (AvgIpc) is 3.29. The minimum Gasteiger partial charge on any atom is -0.497 e. The molecule has 0 bridgehead atoms. The van der Waals surface area contributed by atoms with Crippen molar-refractivity contribution in [2.75, 3.05) is 46.9 Å². The van der Waals surface area contributed by atoms with Crippen LogP contribution in [0, 0.1) is 5.92 Å². The van der Waals surface area contributed by atoms with Crippen molar-refractivity contribution in [2.24, 2.45) is 5.92 Å². The monoisotopic (exact) mass is 448 g/mol. The zero-order valence-corrected chi connectivity index (χ0v) is 19.8. The average molecular weight is 449 g/mol. The fraction of sp³-hybridized carbons (Fsp3) is 0.385. The Morgan fingerprint density at radius 2 is 1.73 bits per heavy atom. The molecule has 0 spiro atoms. The molecule has 1 aromatic heterocycles. The van der Waals surface area contributed by atoms with Crippen LogP contribution in [0.4, 0.5) is 0 Å². The molecule has 1 fully saturated rings. The van der Waals surface area contributed by atoms with Crippen LogP contribution in [0.3, 0.4) is 0 Å². The highest BCUT2D eigenvalue weighted by Crippen LogP contribution is 2.35. The lowest BCUT2D eigenvalue weighted by Gasteiger charge is -2.35. The fourth-order valence-electron chi connectivity index (χ4n) is 4.26. The number of rotatable bonds is 7. The number of benzene rings is 2. The van der Waals surface area contributed by atoms with Crippen molar-refractivity contribution < 1.29 is 14.3 Å². The number of para-hydroxylation sites is 1. The molecule has 0 N–H and O–H groups in total. The van der Waals surface area contributed by atoms with Crippen molar-refractivity contribution in [3.05, 3.63) is 60.3 Å². The second-order valence-corrected chi connectivity index (χ2v) is 8.72. The number of amides is 1. The summed E-state index contributed by atoms with van der Waals surface area (Å²) < 4.78 is 12.8. The molecular formula is C26H32N4O3. The van der Waals surface area contributed by atoms with Crippen LogP contribution < -0.4 is 9.47 Å². The molecular weight excluding hydrogens is 416 g/mol. The summed E-state index contributed by atoms with van der Waals surface area (Å²) in [4.78, 5) is 18.1. The number of carbonyl (C=O) groups excluding carboxylic acids is 1. The Labute approximate surface area is 195 Å². The zero-order valence-electron chi connectivity index (χ0n) is 19.8. The maximum atomic E-state index is 13.7. The van der Waals surface area contributed by atoms with Gasteiger partial charge in [-0.2, -0.15) is 5.10 Å². The van der Waals surface area contributed by atoms with E-state index in [0.29, 0.717) is 41.8 Å². The van der Waals surface area contributed by atoms with Crippen LogP contribution in [0.5, 0.6) is 11.5 Å². The normalized spacial score (nSPS) is 14.5. The summed E-state index contributed by atoms with van der Waals surface area (Å²) in [5.74, 6) is 1.93. The summed E-state index contributed by atoms with van der Waals surface area (Å²) in [6.45, 7) is 8.68. The van der Waals surface area contributed by atoms with E-state index < -0.39 is 0 Å². The largest absolute Gasteiger partial charge is 0.497 e. The number of aromatic nitrogens is 2. The molecule has 7 heteroatoms. The van der Waals surface area contributed by atoms with Gasteiger partial charge in [0.1, 0.15) is 17.2 Å². The van der Waals surface area contributed by atoms with Crippen molar-refractivity contribution in [1.82, 2.24) is 19.6 Å². The molecule has 1 aliphatic heterocycles. The number of nitrogens with zero attached hydrogens (tertiary/aromatic N) is 4. The molecule has 7 nitrogen and oxygen atoms in total. The van der Waals surface area contributed by atoms with E-state index in [2.05, 4.69) is 18.7 Å². The minimum absolute atomic E-state index is 0.0127. The molecule has 2 heterocycles. The van der Waals surface area contributed by atoms with Gasteiger partial charge < -0.3 is 14.4 Å². The first-order valence-corrected chi connectivity index (χ1v) is 11.4. The van der Waals surface area contributed by atoms with Crippen LogP contribution >= 0.6 is 0 Å². The van der Waals surface area contributed by atoms with Gasteiger partial charge in [-0.25, -0.2) is 4.68 Å². The molecule has 0 aliphatic carbocycles. The van der Waals surface area contributed by atoms with Crippen molar-refractivity contribution in [3.63, 3.8) is 0 Å². The topological polar surface area (TPSA) is 59.8 Å². The van der Waals surface area contributed by atoms with Gasteiger partial charge in [-0.05, 0) is 36.2 Å². The number of hydrogen-bond acceptors (Lipinski definition) is 5. The van der Waals surface area contributed by atoms with Gasteiger partial charge in [0.2, 0.25) is 0 Å². The maximum absolute atomic E-state index is 13.7. The number of carbonyl (C=O) groups is 1. The molecule has 174 valence electrons. The second-order valence-electron chi connectivity index (χ2n) is 8.72. The molecule has 1 amide bonds. The molecule has 0 unspecified atom stereocenters. The summed E-state index contributed by atoms with van der Waals surface area (Å²) in [6, 6.07) is 15.4. The lowest BCUT2D eigenvalue weighted by Crippen LogP contribution is -2.49. The number of methoxy groups -OCH3 is 2. The lowest BCUT2D eigenvalue weighted by atomic mass is 10.1. The molecule has 0 radical (unpaired) electrons. The van der Waals surface area contributed by atoms with Crippen LogP contribution in [-0.2, 0) is 0 Å². The van der Waals surface area contributed by atoms with Gasteiger partial charge in [0.25, 0.3) is 5.91 Å². The Kier molecular flexibility index (Phi) is 6.99. The third-order valence-corrected chi connectivity index (χ3v) is 5.91. The molecule has 0 atom stereocenters. The Bertz CT molecular complexity index is 1090. The van der Waals surface area contributed by atoms with Crippen LogP contribution in [0.15, 0.2) is 54.7 Å². The lowest BCUT2D eigenvalue weighted by molar-refractivity contribution is 0.0624. The summed E-state index contributed by atoms with van der Waals surface area (Å²) in [6.07, 6.45) is 1.83. The highest BCUT2D eigenvalue weighted by Gasteiger charge is 2.28. The van der Waals surface area contributed by atoms with E-state index in [0.717, 1.165) is 30.9 Å². The van der Waals surface area contributed by atoms with Crippen LogP contribution in [0.25, 0.3) is 16.9 Å². The van der Waals surface area contributed by atoms with Crippen molar-refractivity contribution in [2.45, 2.75) is 13.8 Å². The predicted octanol–water partition coefficient (Wildman–Crippen LogP) is 3.97. The van der Waals surface area contributed by atoms with Gasteiger partial charge in [-0.1, -0.05) is 32.0 Å². The van der Waals surface area contributed by atoms with Gasteiger partial charge in [0.05, 0.1) is 25.5 Å². The standard InChI is InChI=1S/C26H32N4O3/c1-19(2)17-28-12-14-29(15-13-28)26(31)23-18-30(20-8-6-5-7-9-20)27-25(23)22-16-21(32-3)10-11-24(22)33-4/h5-11,16,18-19H,12-15,17H2,1-4H3. The molecule has 1 saturated heterocycles. The van der Waals surface area contributed by atoms with Gasteiger partial charge in [-0.15, -0.1) is 0 Å². The molecule has 33 heavy (non-hydrogen) atoms. The molecule has 2 aromatic carbocycles. The predicted molar refractivity (Wildman–Crippen MR) is 129 cm³/mol. The Balaban J connectivity index is 1.72. The highest BCUT2D eigenvalue weighted by molar-refractivity contribution is 6.00. The van der Waals surface area contributed by atoms with Crippen LogP contribution in [-0.4, -0.2) is 72.4 Å². The Morgan fingerprint density at radius 1 is 1.00 bits per heavy atom. The zero-order chi connectivity index (χ0) is 23.4. The van der Waals surface area contributed by atoms with Gasteiger partial charge >= 0.3 is 0 Å². The van der Waals surface area contributed by atoms with Crippen LogP contribution in [0.2, 0.25) is 0 Å². The summed E-state index contributed by atoms with van der Waals surface area (Å²) in [5, 5.41) is 4.83. The summed E-state index contributed by atoms with van der Waals surface area (Å²) in [5.41, 5.74) is 2.77. The maximum Gasteiger partial charge on any atom is 0.257 e. The van der Waals surface area contributed by atoms with E-state index in [4.69, 9.17) is 14.6 Å². The van der Waals surface area contributed by atoms with E-state index >= 15 is 0 Å². The van der Waals surface area contributed by atoms with E-state index in [1.54, 1.807) is 18.9 Å². The number of ether oxygens (including phenoxy) is 2. The van der Waals surface area contributed by atoms with Crippen molar-refractivity contribution >= 4 is 5.91 Å². The highest BCUT2D eigenvalue weighted by atomic mass is 16.5. The quantitative estimate of drug-likeness (QED) is 0.547. The first-order valence-electron chi connectivity index (χ1n) is 11.4. The third kappa shape index (κ3) is 5.03. The van der Waals surface area contributed by atoms with E-state index in [1.807, 2.05) is 59.6 Å². The molecule has 0 saturated carbocycles. The van der Waals surface area contributed by atoms with Gasteiger partial charge in [-0.3, -0.25) is 9.69 Å². The SMILES string of the molecule is COc1ccc(OC)c(-c2nn(-c3ccccc3)cc2C(=O)N2CCN(CC(C)C)CC2)c1. The third-order valence-electron chi connectivity index (χ3n) is 5.91. The summed E-state index contributed by atoms with van der Waals surface area (Å²) in [7, 11) is 3.24. The van der Waals surface area contributed by atoms with E-state index in [-0.39, 0.29) is 5.91 Å². The molecule has 1 aliphatic rings. The Hall–Kier alpha value is -3.32.